The second kappa shape index (κ2) is 5.15. The highest BCUT2D eigenvalue weighted by Crippen LogP contribution is 2.30. The SMILES string of the molecule is Cc1nn(CC2CCC(C)(C)O2)c(C)c1CNC1CC1. The number of nitrogens with one attached hydrogen (secondary N) is 1. The highest BCUT2D eigenvalue weighted by atomic mass is 16.5. The van der Waals surface area contributed by atoms with Crippen LogP contribution in [0.3, 0.4) is 0 Å². The van der Waals surface area contributed by atoms with Crippen LogP contribution in [0.1, 0.15) is 56.5 Å². The summed E-state index contributed by atoms with van der Waals surface area (Å²) in [5, 5.41) is 8.31. The van der Waals surface area contributed by atoms with E-state index >= 15 is 0 Å². The molecule has 1 aromatic heterocycles. The van der Waals surface area contributed by atoms with Crippen LogP contribution in [-0.2, 0) is 17.8 Å². The van der Waals surface area contributed by atoms with Gasteiger partial charge in [0, 0.05) is 23.8 Å². The van der Waals surface area contributed by atoms with Crippen LogP contribution in [0.25, 0.3) is 0 Å². The van der Waals surface area contributed by atoms with Gasteiger partial charge in [0.2, 0.25) is 0 Å². The quantitative estimate of drug-likeness (QED) is 0.899. The van der Waals surface area contributed by atoms with Crippen LogP contribution in [0.2, 0.25) is 0 Å². The third-order valence-electron chi connectivity index (χ3n) is 4.61. The summed E-state index contributed by atoms with van der Waals surface area (Å²) < 4.78 is 8.23. The Morgan fingerprint density at radius 1 is 1.30 bits per heavy atom. The molecule has 0 bridgehead atoms. The number of nitrogens with zero attached hydrogens (tertiary/aromatic N) is 2. The third-order valence-corrected chi connectivity index (χ3v) is 4.61. The van der Waals surface area contributed by atoms with Crippen molar-refractivity contribution in [2.45, 2.75) is 84.2 Å². The van der Waals surface area contributed by atoms with E-state index in [4.69, 9.17) is 9.84 Å². The lowest BCUT2D eigenvalue weighted by Crippen LogP contribution is -2.24. The number of rotatable bonds is 5. The summed E-state index contributed by atoms with van der Waals surface area (Å²) in [7, 11) is 0. The van der Waals surface area contributed by atoms with E-state index in [-0.39, 0.29) is 5.60 Å². The normalized spacial score (nSPS) is 25.3. The van der Waals surface area contributed by atoms with E-state index < -0.39 is 0 Å². The molecule has 2 fully saturated rings. The monoisotopic (exact) mass is 277 g/mol. The summed E-state index contributed by atoms with van der Waals surface area (Å²) >= 11 is 0. The molecule has 112 valence electrons. The van der Waals surface area contributed by atoms with Crippen molar-refractivity contribution in [2.75, 3.05) is 0 Å². The van der Waals surface area contributed by atoms with E-state index in [9.17, 15) is 0 Å². The van der Waals surface area contributed by atoms with E-state index in [1.807, 2.05) is 0 Å². The molecule has 1 aliphatic heterocycles. The molecule has 2 aliphatic rings. The largest absolute Gasteiger partial charge is 0.370 e. The van der Waals surface area contributed by atoms with Gasteiger partial charge in [0.15, 0.2) is 0 Å². The van der Waals surface area contributed by atoms with Crippen molar-refractivity contribution in [3.63, 3.8) is 0 Å². The van der Waals surface area contributed by atoms with Gasteiger partial charge in [0.25, 0.3) is 0 Å². The first-order valence-corrected chi connectivity index (χ1v) is 7.89. The summed E-state index contributed by atoms with van der Waals surface area (Å²) in [6, 6.07) is 0.746. The maximum Gasteiger partial charge on any atom is 0.0779 e. The third kappa shape index (κ3) is 3.07. The molecule has 20 heavy (non-hydrogen) atoms. The molecule has 0 amide bonds. The zero-order valence-electron chi connectivity index (χ0n) is 13.2. The number of hydrogen-bond acceptors (Lipinski definition) is 3. The zero-order valence-corrected chi connectivity index (χ0v) is 13.2. The lowest BCUT2D eigenvalue weighted by atomic mass is 10.1. The molecule has 1 unspecified atom stereocenters. The number of aromatic nitrogens is 2. The molecule has 1 saturated carbocycles. The van der Waals surface area contributed by atoms with Gasteiger partial charge in [-0.1, -0.05) is 0 Å². The number of hydrogen-bond donors (Lipinski definition) is 1. The minimum atomic E-state index is 0.0388. The van der Waals surface area contributed by atoms with Gasteiger partial charge in [0.05, 0.1) is 23.9 Å². The highest BCUT2D eigenvalue weighted by molar-refractivity contribution is 5.24. The fourth-order valence-electron chi connectivity index (χ4n) is 3.10. The predicted molar refractivity (Wildman–Crippen MR) is 79.7 cm³/mol. The summed E-state index contributed by atoms with van der Waals surface area (Å²) in [5.74, 6) is 0. The van der Waals surface area contributed by atoms with Crippen molar-refractivity contribution in [3.05, 3.63) is 17.0 Å². The van der Waals surface area contributed by atoms with Crippen molar-refractivity contribution in [3.8, 4) is 0 Å². The van der Waals surface area contributed by atoms with Crippen molar-refractivity contribution < 1.29 is 4.74 Å². The molecule has 4 nitrogen and oxygen atoms in total. The van der Waals surface area contributed by atoms with E-state index in [0.717, 1.165) is 37.7 Å². The topological polar surface area (TPSA) is 39.1 Å². The van der Waals surface area contributed by atoms with Crippen LogP contribution in [-0.4, -0.2) is 27.5 Å². The Balaban J connectivity index is 1.65. The predicted octanol–water partition coefficient (Wildman–Crippen LogP) is 2.71. The van der Waals surface area contributed by atoms with Crippen molar-refractivity contribution >= 4 is 0 Å². The summed E-state index contributed by atoms with van der Waals surface area (Å²) in [5.41, 5.74) is 3.86. The van der Waals surface area contributed by atoms with E-state index in [0.29, 0.717) is 6.10 Å². The van der Waals surface area contributed by atoms with E-state index in [1.165, 1.54) is 24.1 Å². The molecule has 3 rings (SSSR count). The van der Waals surface area contributed by atoms with Crippen LogP contribution in [0.5, 0.6) is 0 Å². The fourth-order valence-corrected chi connectivity index (χ4v) is 3.10. The molecular weight excluding hydrogens is 250 g/mol. The van der Waals surface area contributed by atoms with Crippen molar-refractivity contribution in [1.82, 2.24) is 15.1 Å². The molecule has 0 aromatic carbocycles. The maximum absolute atomic E-state index is 6.09. The van der Waals surface area contributed by atoms with Crippen LogP contribution in [0.4, 0.5) is 0 Å². The molecule has 1 N–H and O–H groups in total. The van der Waals surface area contributed by atoms with Gasteiger partial charge in [0.1, 0.15) is 0 Å². The van der Waals surface area contributed by atoms with Crippen LogP contribution < -0.4 is 5.32 Å². The first-order valence-electron chi connectivity index (χ1n) is 7.89. The number of ether oxygens (including phenoxy) is 1. The molecular formula is C16H27N3O. The molecule has 0 radical (unpaired) electrons. The van der Waals surface area contributed by atoms with Gasteiger partial charge in [-0.3, -0.25) is 4.68 Å². The Morgan fingerprint density at radius 3 is 2.65 bits per heavy atom. The van der Waals surface area contributed by atoms with Crippen LogP contribution in [0.15, 0.2) is 0 Å². The number of aryl methyl sites for hydroxylation is 1. The fraction of sp³-hybridized carbons (Fsp3) is 0.812. The first kappa shape index (κ1) is 14.1. The Kier molecular flexibility index (Phi) is 3.63. The lowest BCUT2D eigenvalue weighted by Gasteiger charge is -2.19. The second-order valence-electron chi connectivity index (χ2n) is 7.02. The first-order chi connectivity index (χ1) is 9.44. The summed E-state index contributed by atoms with van der Waals surface area (Å²) in [6.07, 6.45) is 5.26. The minimum Gasteiger partial charge on any atom is -0.370 e. The van der Waals surface area contributed by atoms with Gasteiger partial charge in [-0.2, -0.15) is 5.10 Å². The van der Waals surface area contributed by atoms with Crippen LogP contribution >= 0.6 is 0 Å². The average molecular weight is 277 g/mol. The minimum absolute atomic E-state index is 0.0388. The van der Waals surface area contributed by atoms with Gasteiger partial charge < -0.3 is 10.1 Å². The molecule has 1 saturated heterocycles. The smallest absolute Gasteiger partial charge is 0.0779 e. The standard InChI is InChI=1S/C16H27N3O/c1-11-15(9-17-13-5-6-13)12(2)19(18-11)10-14-7-8-16(3,4)20-14/h13-14,17H,5-10H2,1-4H3. The Morgan fingerprint density at radius 2 is 2.05 bits per heavy atom. The van der Waals surface area contributed by atoms with Crippen molar-refractivity contribution in [2.24, 2.45) is 0 Å². The summed E-state index contributed by atoms with van der Waals surface area (Å²) in [4.78, 5) is 0. The highest BCUT2D eigenvalue weighted by Gasteiger charge is 2.32. The molecule has 4 heteroatoms. The van der Waals surface area contributed by atoms with Crippen LogP contribution in [0, 0.1) is 13.8 Å². The zero-order chi connectivity index (χ0) is 14.3. The van der Waals surface area contributed by atoms with Gasteiger partial charge in [-0.25, -0.2) is 0 Å². The molecule has 1 atom stereocenters. The molecule has 0 spiro atoms. The maximum atomic E-state index is 6.09. The van der Waals surface area contributed by atoms with Crippen molar-refractivity contribution in [1.29, 1.82) is 0 Å². The molecule has 1 aromatic rings. The Bertz CT molecular complexity index is 488. The second-order valence-corrected chi connectivity index (χ2v) is 7.02. The molecule has 2 heterocycles. The Hall–Kier alpha value is -0.870. The Labute approximate surface area is 121 Å². The molecule has 1 aliphatic carbocycles. The van der Waals surface area contributed by atoms with Gasteiger partial charge in [-0.15, -0.1) is 0 Å². The van der Waals surface area contributed by atoms with E-state index in [2.05, 4.69) is 37.7 Å². The van der Waals surface area contributed by atoms with E-state index in [1.54, 1.807) is 0 Å². The van der Waals surface area contributed by atoms with Gasteiger partial charge >= 0.3 is 0 Å². The van der Waals surface area contributed by atoms with Gasteiger partial charge in [-0.05, 0) is 53.4 Å². The lowest BCUT2D eigenvalue weighted by molar-refractivity contribution is -0.0232. The summed E-state index contributed by atoms with van der Waals surface area (Å²) in [6.45, 7) is 10.5. The average Bonchev–Trinajstić information content (AvgIpc) is 3.07.